The van der Waals surface area contributed by atoms with Gasteiger partial charge in [-0.1, -0.05) is 0 Å². The highest BCUT2D eigenvalue weighted by molar-refractivity contribution is 5.50. The van der Waals surface area contributed by atoms with Gasteiger partial charge >= 0.3 is 0 Å². The molecule has 0 bridgehead atoms. The van der Waals surface area contributed by atoms with Gasteiger partial charge in [-0.3, -0.25) is 10.1 Å². The van der Waals surface area contributed by atoms with Crippen LogP contribution in [-0.2, 0) is 0 Å². The lowest BCUT2D eigenvalue weighted by atomic mass is 10.0. The number of hydrogen-bond donors (Lipinski definition) is 0. The third kappa shape index (κ3) is 3.81. The fourth-order valence-corrected chi connectivity index (χ4v) is 3.19. The van der Waals surface area contributed by atoms with Crippen molar-refractivity contribution in [2.45, 2.75) is 18.9 Å². The highest BCUT2D eigenvalue weighted by Crippen LogP contribution is 2.26. The quantitative estimate of drug-likeness (QED) is 0.614. The smallest absolute Gasteiger partial charge is 0.287 e. The molecule has 0 saturated carbocycles. The van der Waals surface area contributed by atoms with Crippen molar-refractivity contribution in [3.05, 3.63) is 52.7 Å². The minimum atomic E-state index is -0.426. The van der Waals surface area contributed by atoms with Crippen molar-refractivity contribution >= 4 is 17.2 Å². The van der Waals surface area contributed by atoms with Crippen molar-refractivity contribution in [1.29, 1.82) is 0 Å². The predicted octanol–water partition coefficient (Wildman–Crippen LogP) is 3.10. The highest BCUT2D eigenvalue weighted by atomic mass is 16.6. The van der Waals surface area contributed by atoms with Gasteiger partial charge in [-0.15, -0.1) is 0 Å². The Labute approximate surface area is 147 Å². The molecule has 0 amide bonds. The molecule has 3 rings (SSSR count). The maximum absolute atomic E-state index is 10.7. The summed E-state index contributed by atoms with van der Waals surface area (Å²) in [6, 6.07) is 11.7. The molecule has 1 aromatic carbocycles. The first-order valence-corrected chi connectivity index (χ1v) is 8.31. The second-order valence-corrected chi connectivity index (χ2v) is 6.16. The lowest BCUT2D eigenvalue weighted by molar-refractivity contribution is -0.385. The summed E-state index contributed by atoms with van der Waals surface area (Å²) < 4.78 is 5.20. The van der Waals surface area contributed by atoms with Crippen LogP contribution in [0, 0.1) is 10.1 Å². The number of rotatable bonds is 5. The lowest BCUT2D eigenvalue weighted by Gasteiger charge is -2.38. The fourth-order valence-electron chi connectivity index (χ4n) is 3.19. The number of hydrogen-bond acceptors (Lipinski definition) is 6. The molecule has 1 aromatic heterocycles. The van der Waals surface area contributed by atoms with Crippen LogP contribution in [0.3, 0.4) is 0 Å². The first-order valence-electron chi connectivity index (χ1n) is 8.31. The van der Waals surface area contributed by atoms with Gasteiger partial charge in [0.05, 0.1) is 12.0 Å². The van der Waals surface area contributed by atoms with Crippen molar-refractivity contribution in [1.82, 2.24) is 4.98 Å². The van der Waals surface area contributed by atoms with Gasteiger partial charge in [-0.05, 0) is 43.2 Å². The summed E-state index contributed by atoms with van der Waals surface area (Å²) in [6.07, 6.45) is 3.35. The summed E-state index contributed by atoms with van der Waals surface area (Å²) in [6.45, 7) is 1.93. The molecule has 7 nitrogen and oxygen atoms in total. The SMILES string of the molecule is COc1ccc(N2CCC(N(C)c3ccc([N+](=O)[O-])cn3)CC2)cc1. The van der Waals surface area contributed by atoms with Crippen molar-refractivity contribution < 1.29 is 9.66 Å². The van der Waals surface area contributed by atoms with Gasteiger partial charge in [0.25, 0.3) is 5.69 Å². The van der Waals surface area contributed by atoms with Crippen molar-refractivity contribution in [3.63, 3.8) is 0 Å². The van der Waals surface area contributed by atoms with Crippen LogP contribution in [0.1, 0.15) is 12.8 Å². The van der Waals surface area contributed by atoms with Gasteiger partial charge < -0.3 is 14.5 Å². The van der Waals surface area contributed by atoms with Crippen LogP contribution in [0.2, 0.25) is 0 Å². The number of nitrogens with zero attached hydrogens (tertiary/aromatic N) is 4. The molecule has 0 unspecified atom stereocenters. The topological polar surface area (TPSA) is 71.7 Å². The first kappa shape index (κ1) is 17.0. The van der Waals surface area contributed by atoms with Gasteiger partial charge in [0, 0.05) is 37.9 Å². The number of piperidine rings is 1. The molecule has 0 N–H and O–H groups in total. The minimum absolute atomic E-state index is 0.0199. The largest absolute Gasteiger partial charge is 0.497 e. The summed E-state index contributed by atoms with van der Waals surface area (Å²) in [4.78, 5) is 19.0. The Morgan fingerprint density at radius 1 is 1.20 bits per heavy atom. The number of anilines is 2. The summed E-state index contributed by atoms with van der Waals surface area (Å²) in [5.41, 5.74) is 1.22. The monoisotopic (exact) mass is 342 g/mol. The van der Waals surface area contributed by atoms with Crippen LogP contribution < -0.4 is 14.5 Å². The van der Waals surface area contributed by atoms with Gasteiger partial charge in [-0.25, -0.2) is 4.98 Å². The Kier molecular flexibility index (Phi) is 5.02. The summed E-state index contributed by atoms with van der Waals surface area (Å²) in [5.74, 6) is 1.64. The molecule has 0 radical (unpaired) electrons. The zero-order chi connectivity index (χ0) is 17.8. The van der Waals surface area contributed by atoms with E-state index in [0.717, 1.165) is 37.5 Å². The van der Waals surface area contributed by atoms with Crippen LogP contribution in [-0.4, -0.2) is 43.2 Å². The van der Waals surface area contributed by atoms with E-state index in [4.69, 9.17) is 4.74 Å². The summed E-state index contributed by atoms with van der Waals surface area (Å²) in [5, 5.41) is 10.7. The van der Waals surface area contributed by atoms with E-state index in [9.17, 15) is 10.1 Å². The average Bonchev–Trinajstić information content (AvgIpc) is 2.67. The molecule has 1 fully saturated rings. The zero-order valence-electron chi connectivity index (χ0n) is 14.5. The number of nitro groups is 1. The van der Waals surface area contributed by atoms with Gasteiger partial charge in [0.1, 0.15) is 17.8 Å². The molecular weight excluding hydrogens is 320 g/mol. The molecule has 1 aliphatic rings. The van der Waals surface area contributed by atoms with E-state index in [0.29, 0.717) is 6.04 Å². The standard InChI is InChI=1S/C18H22N4O3/c1-20(18-8-5-16(13-19-18)22(23)24)14-9-11-21(12-10-14)15-3-6-17(25-2)7-4-15/h3-8,13-14H,9-12H2,1-2H3. The Morgan fingerprint density at radius 2 is 1.88 bits per heavy atom. The Hall–Kier alpha value is -2.83. The highest BCUT2D eigenvalue weighted by Gasteiger charge is 2.23. The van der Waals surface area contributed by atoms with E-state index < -0.39 is 4.92 Å². The van der Waals surface area contributed by atoms with Gasteiger partial charge in [-0.2, -0.15) is 0 Å². The Morgan fingerprint density at radius 3 is 2.40 bits per heavy atom. The number of pyridine rings is 1. The predicted molar refractivity (Wildman–Crippen MR) is 97.5 cm³/mol. The molecule has 132 valence electrons. The van der Waals surface area contributed by atoms with E-state index in [2.05, 4.69) is 26.9 Å². The van der Waals surface area contributed by atoms with Crippen LogP contribution in [0.15, 0.2) is 42.6 Å². The van der Waals surface area contributed by atoms with Gasteiger partial charge in [0.2, 0.25) is 0 Å². The second kappa shape index (κ2) is 7.38. The van der Waals surface area contributed by atoms with E-state index >= 15 is 0 Å². The van der Waals surface area contributed by atoms with Crippen LogP contribution in [0.4, 0.5) is 17.2 Å². The molecule has 25 heavy (non-hydrogen) atoms. The van der Waals surface area contributed by atoms with Crippen LogP contribution >= 0.6 is 0 Å². The first-order chi connectivity index (χ1) is 12.1. The molecule has 7 heteroatoms. The lowest BCUT2D eigenvalue weighted by Crippen LogP contribution is -2.43. The second-order valence-electron chi connectivity index (χ2n) is 6.16. The van der Waals surface area contributed by atoms with E-state index in [1.165, 1.54) is 18.0 Å². The average molecular weight is 342 g/mol. The van der Waals surface area contributed by atoms with Crippen molar-refractivity contribution in [2.75, 3.05) is 37.0 Å². The molecule has 2 aromatic rings. The number of ether oxygens (including phenoxy) is 1. The third-order valence-corrected chi connectivity index (χ3v) is 4.75. The Bertz CT molecular complexity index is 710. The van der Waals surface area contributed by atoms with E-state index in [1.54, 1.807) is 13.2 Å². The number of methoxy groups -OCH3 is 1. The third-order valence-electron chi connectivity index (χ3n) is 4.75. The molecule has 2 heterocycles. The molecule has 0 spiro atoms. The zero-order valence-corrected chi connectivity index (χ0v) is 14.5. The van der Waals surface area contributed by atoms with E-state index in [1.807, 2.05) is 19.2 Å². The normalized spacial score (nSPS) is 15.0. The minimum Gasteiger partial charge on any atom is -0.497 e. The molecule has 1 aliphatic heterocycles. The maximum atomic E-state index is 10.7. The summed E-state index contributed by atoms with van der Waals surface area (Å²) in [7, 11) is 3.67. The molecule has 0 atom stereocenters. The van der Waals surface area contributed by atoms with E-state index in [-0.39, 0.29) is 5.69 Å². The van der Waals surface area contributed by atoms with Crippen molar-refractivity contribution in [2.24, 2.45) is 0 Å². The van der Waals surface area contributed by atoms with Gasteiger partial charge in [0.15, 0.2) is 0 Å². The summed E-state index contributed by atoms with van der Waals surface area (Å²) >= 11 is 0. The molecule has 0 aliphatic carbocycles. The van der Waals surface area contributed by atoms with Crippen LogP contribution in [0.5, 0.6) is 5.75 Å². The number of aromatic nitrogens is 1. The number of benzene rings is 1. The maximum Gasteiger partial charge on any atom is 0.287 e. The Balaban J connectivity index is 1.60. The van der Waals surface area contributed by atoms with Crippen LogP contribution in [0.25, 0.3) is 0 Å². The fraction of sp³-hybridized carbons (Fsp3) is 0.389. The molecule has 1 saturated heterocycles. The molecular formula is C18H22N4O3. The van der Waals surface area contributed by atoms with Crippen molar-refractivity contribution in [3.8, 4) is 5.75 Å².